The van der Waals surface area contributed by atoms with Crippen LogP contribution in [-0.2, 0) is 35.5 Å². The molecular weight excluding hydrogens is 504 g/mol. The van der Waals surface area contributed by atoms with Crippen LogP contribution in [0.5, 0.6) is 0 Å². The monoisotopic (exact) mass is 536 g/mol. The Morgan fingerprint density at radius 2 is 1.66 bits per heavy atom. The van der Waals surface area contributed by atoms with Crippen LogP contribution in [0.15, 0.2) is 59.5 Å². The fourth-order valence-corrected chi connectivity index (χ4v) is 5.55. The van der Waals surface area contributed by atoms with E-state index in [1.54, 1.807) is 43.3 Å². The number of ether oxygens (including phenoxy) is 2. The first-order chi connectivity index (χ1) is 18.1. The summed E-state index contributed by atoms with van der Waals surface area (Å²) in [5, 5.41) is 4.51. The maximum absolute atomic E-state index is 13.6. The zero-order valence-electron chi connectivity index (χ0n) is 21.9. The van der Waals surface area contributed by atoms with Crippen molar-refractivity contribution in [1.29, 1.82) is 0 Å². The molecule has 0 saturated heterocycles. The molecule has 3 aromatic carbocycles. The highest BCUT2D eigenvalue weighted by Crippen LogP contribution is 2.32. The molecule has 0 radical (unpaired) electrons. The van der Waals surface area contributed by atoms with E-state index in [2.05, 4.69) is 16.0 Å². The Morgan fingerprint density at radius 1 is 0.974 bits per heavy atom. The second-order valence-electron chi connectivity index (χ2n) is 9.04. The number of benzene rings is 3. The van der Waals surface area contributed by atoms with Gasteiger partial charge in [-0.15, -0.1) is 6.42 Å². The van der Waals surface area contributed by atoms with E-state index in [1.165, 1.54) is 20.3 Å². The van der Waals surface area contributed by atoms with Gasteiger partial charge in [-0.1, -0.05) is 55.3 Å². The van der Waals surface area contributed by atoms with Crippen LogP contribution < -0.4 is 10.0 Å². The Bertz CT molecular complexity index is 1480. The predicted molar refractivity (Wildman–Crippen MR) is 147 cm³/mol. The minimum absolute atomic E-state index is 0.00778. The zero-order valence-corrected chi connectivity index (χ0v) is 22.7. The van der Waals surface area contributed by atoms with Gasteiger partial charge in [0.05, 0.1) is 37.3 Å². The van der Waals surface area contributed by atoms with E-state index in [9.17, 15) is 18.0 Å². The molecule has 2 atom stereocenters. The van der Waals surface area contributed by atoms with Gasteiger partial charge in [0.25, 0.3) is 10.0 Å². The van der Waals surface area contributed by atoms with Gasteiger partial charge in [-0.05, 0) is 53.6 Å². The Morgan fingerprint density at radius 3 is 2.32 bits per heavy atom. The van der Waals surface area contributed by atoms with Crippen molar-refractivity contribution in [3.8, 4) is 12.3 Å². The van der Waals surface area contributed by atoms with Crippen molar-refractivity contribution < 1.29 is 27.5 Å². The number of sulfonamides is 1. The predicted octanol–water partition coefficient (Wildman–Crippen LogP) is 4.13. The quantitative estimate of drug-likeness (QED) is 0.280. The standard InChI is InChI=1S/C29H32N2O6S/c1-6-25(30-18-19(2)16-28(32)36-4)23-14-15-27(24-12-8-7-11-22(23)24)38(34,35)31-26-13-9-10-21(20(26)3)17-29(33)37-5/h1,7-15,19,25,30-31H,16-18H2,2-5H3/t19-,25-/m0/s1. The van der Waals surface area contributed by atoms with Crippen LogP contribution in [0, 0.1) is 25.2 Å². The molecule has 0 heterocycles. The van der Waals surface area contributed by atoms with E-state index in [4.69, 9.17) is 15.9 Å². The van der Waals surface area contributed by atoms with Crippen molar-refractivity contribution in [2.45, 2.75) is 37.6 Å². The topological polar surface area (TPSA) is 111 Å². The summed E-state index contributed by atoms with van der Waals surface area (Å²) >= 11 is 0. The number of carbonyl (C=O) groups is 2. The second kappa shape index (κ2) is 12.6. The summed E-state index contributed by atoms with van der Waals surface area (Å²) in [6.45, 7) is 4.14. The van der Waals surface area contributed by atoms with Crippen LogP contribution >= 0.6 is 0 Å². The largest absolute Gasteiger partial charge is 0.469 e. The molecule has 0 fully saturated rings. The molecule has 0 saturated carbocycles. The molecule has 0 spiro atoms. The Balaban J connectivity index is 1.93. The van der Waals surface area contributed by atoms with Gasteiger partial charge in [-0.25, -0.2) is 8.42 Å². The molecule has 0 amide bonds. The Labute approximate surface area is 223 Å². The number of hydrogen-bond donors (Lipinski definition) is 2. The van der Waals surface area contributed by atoms with Crippen molar-refractivity contribution in [3.63, 3.8) is 0 Å². The van der Waals surface area contributed by atoms with Crippen LogP contribution in [-0.4, -0.2) is 41.1 Å². The summed E-state index contributed by atoms with van der Waals surface area (Å²) < 4.78 is 39.2. The molecule has 0 aliphatic heterocycles. The third kappa shape index (κ3) is 6.71. The van der Waals surface area contributed by atoms with Gasteiger partial charge in [-0.3, -0.25) is 19.6 Å². The summed E-state index contributed by atoms with van der Waals surface area (Å²) in [7, 11) is -1.34. The van der Waals surface area contributed by atoms with Crippen molar-refractivity contribution in [3.05, 3.63) is 71.3 Å². The number of nitrogens with one attached hydrogen (secondary N) is 2. The fourth-order valence-electron chi connectivity index (χ4n) is 4.21. The molecule has 0 aromatic heterocycles. The van der Waals surface area contributed by atoms with Crippen LogP contribution in [0.2, 0.25) is 0 Å². The van der Waals surface area contributed by atoms with Gasteiger partial charge >= 0.3 is 11.9 Å². The van der Waals surface area contributed by atoms with Gasteiger partial charge in [0.2, 0.25) is 0 Å². The van der Waals surface area contributed by atoms with Gasteiger partial charge in [-0.2, -0.15) is 0 Å². The lowest BCUT2D eigenvalue weighted by atomic mass is 9.98. The van der Waals surface area contributed by atoms with Gasteiger partial charge in [0.15, 0.2) is 0 Å². The highest BCUT2D eigenvalue weighted by atomic mass is 32.2. The summed E-state index contributed by atoms with van der Waals surface area (Å²) in [6, 6.07) is 15.0. The third-order valence-electron chi connectivity index (χ3n) is 6.35. The second-order valence-corrected chi connectivity index (χ2v) is 10.7. The average molecular weight is 537 g/mol. The smallest absolute Gasteiger partial charge is 0.309 e. The number of anilines is 1. The summed E-state index contributed by atoms with van der Waals surface area (Å²) in [5.41, 5.74) is 2.44. The molecule has 38 heavy (non-hydrogen) atoms. The molecule has 0 aliphatic carbocycles. The van der Waals surface area contributed by atoms with Crippen molar-refractivity contribution in [2.24, 2.45) is 5.92 Å². The molecule has 0 aliphatic rings. The van der Waals surface area contributed by atoms with Crippen LogP contribution in [0.4, 0.5) is 5.69 Å². The van der Waals surface area contributed by atoms with Crippen molar-refractivity contribution in [2.75, 3.05) is 25.5 Å². The summed E-state index contributed by atoms with van der Waals surface area (Å²) in [6.07, 6.45) is 6.13. The molecule has 9 heteroatoms. The lowest BCUT2D eigenvalue weighted by Gasteiger charge is -2.20. The average Bonchev–Trinajstić information content (AvgIpc) is 2.90. The van der Waals surface area contributed by atoms with E-state index >= 15 is 0 Å². The number of terminal acetylenes is 1. The minimum Gasteiger partial charge on any atom is -0.469 e. The zero-order chi connectivity index (χ0) is 27.9. The first-order valence-corrected chi connectivity index (χ1v) is 13.6. The molecule has 200 valence electrons. The van der Waals surface area contributed by atoms with E-state index in [0.29, 0.717) is 34.1 Å². The van der Waals surface area contributed by atoms with Crippen molar-refractivity contribution in [1.82, 2.24) is 5.32 Å². The number of methoxy groups -OCH3 is 2. The fraction of sp³-hybridized carbons (Fsp3) is 0.310. The summed E-state index contributed by atoms with van der Waals surface area (Å²) in [4.78, 5) is 23.4. The molecule has 3 rings (SSSR count). The molecular formula is C29H32N2O6S. The number of carbonyl (C=O) groups excluding carboxylic acids is 2. The summed E-state index contributed by atoms with van der Waals surface area (Å²) in [5.74, 6) is 2.02. The molecule has 0 unspecified atom stereocenters. The number of fused-ring (bicyclic) bond motifs is 1. The number of esters is 2. The highest BCUT2D eigenvalue weighted by Gasteiger charge is 2.23. The van der Waals surface area contributed by atoms with Crippen LogP contribution in [0.1, 0.15) is 36.1 Å². The van der Waals surface area contributed by atoms with Crippen LogP contribution in [0.25, 0.3) is 10.8 Å². The molecule has 8 nitrogen and oxygen atoms in total. The third-order valence-corrected chi connectivity index (χ3v) is 7.77. The Hall–Kier alpha value is -3.87. The first-order valence-electron chi connectivity index (χ1n) is 12.1. The minimum atomic E-state index is -3.99. The van der Waals surface area contributed by atoms with Gasteiger partial charge in [0.1, 0.15) is 0 Å². The van der Waals surface area contributed by atoms with Gasteiger partial charge in [0, 0.05) is 11.8 Å². The first kappa shape index (κ1) is 28.7. The van der Waals surface area contributed by atoms with E-state index in [1.807, 2.05) is 19.1 Å². The maximum Gasteiger partial charge on any atom is 0.309 e. The van der Waals surface area contributed by atoms with Gasteiger partial charge < -0.3 is 9.47 Å². The number of rotatable bonds is 11. The lowest BCUT2D eigenvalue weighted by Crippen LogP contribution is -2.27. The lowest BCUT2D eigenvalue weighted by molar-refractivity contribution is -0.141. The SMILES string of the molecule is C#C[C@H](NC[C@@H](C)CC(=O)OC)c1ccc(S(=O)(=O)Nc2cccc(CC(=O)OC)c2C)c2ccccc12. The van der Waals surface area contributed by atoms with E-state index in [-0.39, 0.29) is 29.6 Å². The highest BCUT2D eigenvalue weighted by molar-refractivity contribution is 7.93. The van der Waals surface area contributed by atoms with E-state index in [0.717, 1.165) is 5.56 Å². The maximum atomic E-state index is 13.6. The molecule has 2 N–H and O–H groups in total. The van der Waals surface area contributed by atoms with Crippen molar-refractivity contribution >= 4 is 38.4 Å². The van der Waals surface area contributed by atoms with E-state index < -0.39 is 22.0 Å². The molecule has 0 bridgehead atoms. The number of hydrogen-bond acceptors (Lipinski definition) is 7. The normalized spacial score (nSPS) is 12.8. The molecule has 3 aromatic rings. The Kier molecular flexibility index (Phi) is 9.50. The van der Waals surface area contributed by atoms with Crippen LogP contribution in [0.3, 0.4) is 0 Å².